The monoisotopic (exact) mass is 217 g/mol. The molecule has 0 radical (unpaired) electrons. The normalized spacial score (nSPS) is 13.2. The van der Waals surface area contributed by atoms with Gasteiger partial charge in [0.1, 0.15) is 5.82 Å². The van der Waals surface area contributed by atoms with Gasteiger partial charge in [-0.1, -0.05) is 19.1 Å². The average molecular weight is 217 g/mol. The molecule has 3 heteroatoms. The number of nitrogens with zero attached hydrogens (tertiary/aromatic N) is 2. The third-order valence-electron chi connectivity index (χ3n) is 2.93. The van der Waals surface area contributed by atoms with Crippen LogP contribution in [0.5, 0.6) is 0 Å². The second-order valence-corrected chi connectivity index (χ2v) is 4.15. The highest BCUT2D eigenvalue weighted by atomic mass is 15.1. The zero-order chi connectivity index (χ0) is 11.5. The molecule has 86 valence electrons. The molecule has 16 heavy (non-hydrogen) atoms. The van der Waals surface area contributed by atoms with Crippen molar-refractivity contribution in [3.63, 3.8) is 0 Å². The highest BCUT2D eigenvalue weighted by Crippen LogP contribution is 2.20. The van der Waals surface area contributed by atoms with Crippen molar-refractivity contribution in [2.45, 2.75) is 26.3 Å². The molecule has 0 fully saturated rings. The summed E-state index contributed by atoms with van der Waals surface area (Å²) in [6.07, 6.45) is 0.975. The molecule has 1 heterocycles. The lowest BCUT2D eigenvalue weighted by Gasteiger charge is -2.16. The summed E-state index contributed by atoms with van der Waals surface area (Å²) in [5.41, 5.74) is 2.34. The van der Waals surface area contributed by atoms with E-state index in [1.165, 1.54) is 11.3 Å². The first kappa shape index (κ1) is 11.1. The van der Waals surface area contributed by atoms with Crippen LogP contribution >= 0.6 is 0 Å². The summed E-state index contributed by atoms with van der Waals surface area (Å²) in [5.74, 6) is 1.17. The van der Waals surface area contributed by atoms with Crippen molar-refractivity contribution in [3.05, 3.63) is 30.1 Å². The molecular weight excluding hydrogens is 198 g/mol. The van der Waals surface area contributed by atoms with E-state index < -0.39 is 0 Å². The van der Waals surface area contributed by atoms with E-state index in [0.29, 0.717) is 6.04 Å². The third-order valence-corrected chi connectivity index (χ3v) is 2.93. The first-order chi connectivity index (χ1) is 7.77. The highest BCUT2D eigenvalue weighted by molar-refractivity contribution is 5.76. The lowest BCUT2D eigenvalue weighted by atomic mass is 10.2. The fourth-order valence-electron chi connectivity index (χ4n) is 2.22. The Morgan fingerprint density at radius 3 is 2.81 bits per heavy atom. The Labute approximate surface area is 96.5 Å². The predicted octanol–water partition coefficient (Wildman–Crippen LogP) is 2.38. The van der Waals surface area contributed by atoms with E-state index in [9.17, 15) is 0 Å². The Hall–Kier alpha value is -1.35. The van der Waals surface area contributed by atoms with Crippen molar-refractivity contribution in [3.8, 4) is 0 Å². The van der Waals surface area contributed by atoms with Crippen molar-refractivity contribution in [2.24, 2.45) is 0 Å². The molecule has 0 amide bonds. The van der Waals surface area contributed by atoms with Gasteiger partial charge in [-0.15, -0.1) is 0 Å². The average Bonchev–Trinajstić information content (AvgIpc) is 2.67. The predicted molar refractivity (Wildman–Crippen MR) is 67.7 cm³/mol. The number of nitrogens with one attached hydrogen (secondary N) is 1. The standard InChI is InChI=1S/C13H19N3/c1-4-13-15-11-7-5-6-8-12(11)16(13)10(2)9-14-3/h5-8,10,14H,4,9H2,1-3H3. The van der Waals surface area contributed by atoms with E-state index in [4.69, 9.17) is 0 Å². The molecule has 3 nitrogen and oxygen atoms in total. The van der Waals surface area contributed by atoms with Gasteiger partial charge in [0.15, 0.2) is 0 Å². The third kappa shape index (κ3) is 1.83. The van der Waals surface area contributed by atoms with Crippen LogP contribution in [0, 0.1) is 0 Å². The lowest BCUT2D eigenvalue weighted by molar-refractivity contribution is 0.513. The van der Waals surface area contributed by atoms with Gasteiger partial charge in [0, 0.05) is 19.0 Å². The summed E-state index contributed by atoms with van der Waals surface area (Å²) in [6, 6.07) is 8.78. The second kappa shape index (κ2) is 4.66. The zero-order valence-electron chi connectivity index (χ0n) is 10.2. The van der Waals surface area contributed by atoms with E-state index in [2.05, 4.69) is 46.9 Å². The van der Waals surface area contributed by atoms with Gasteiger partial charge in [0.25, 0.3) is 0 Å². The fraction of sp³-hybridized carbons (Fsp3) is 0.462. The number of fused-ring (bicyclic) bond motifs is 1. The van der Waals surface area contributed by atoms with Crippen LogP contribution in [0.4, 0.5) is 0 Å². The van der Waals surface area contributed by atoms with Crippen molar-refractivity contribution in [2.75, 3.05) is 13.6 Å². The minimum Gasteiger partial charge on any atom is -0.324 e. The minimum absolute atomic E-state index is 0.437. The number of aromatic nitrogens is 2. The van der Waals surface area contributed by atoms with Crippen LogP contribution in [0.1, 0.15) is 25.7 Å². The number of benzene rings is 1. The van der Waals surface area contributed by atoms with Crippen LogP contribution in [0.2, 0.25) is 0 Å². The number of aryl methyl sites for hydroxylation is 1. The van der Waals surface area contributed by atoms with Gasteiger partial charge in [0.2, 0.25) is 0 Å². The van der Waals surface area contributed by atoms with E-state index in [0.717, 1.165) is 18.5 Å². The molecule has 2 rings (SSSR count). The van der Waals surface area contributed by atoms with Crippen molar-refractivity contribution in [1.82, 2.24) is 14.9 Å². The highest BCUT2D eigenvalue weighted by Gasteiger charge is 2.13. The quantitative estimate of drug-likeness (QED) is 0.852. The van der Waals surface area contributed by atoms with Crippen LogP contribution in [0.25, 0.3) is 11.0 Å². The number of imidazole rings is 1. The zero-order valence-corrected chi connectivity index (χ0v) is 10.2. The van der Waals surface area contributed by atoms with Gasteiger partial charge < -0.3 is 9.88 Å². The summed E-state index contributed by atoms with van der Waals surface area (Å²) < 4.78 is 2.34. The van der Waals surface area contributed by atoms with Crippen LogP contribution in [0.15, 0.2) is 24.3 Å². The Balaban J connectivity index is 2.55. The molecule has 0 saturated heterocycles. The van der Waals surface area contributed by atoms with Gasteiger partial charge in [-0.05, 0) is 26.1 Å². The van der Waals surface area contributed by atoms with Crippen molar-refractivity contribution in [1.29, 1.82) is 0 Å². The molecule has 0 aliphatic heterocycles. The van der Waals surface area contributed by atoms with Crippen LogP contribution < -0.4 is 5.32 Å². The van der Waals surface area contributed by atoms with Gasteiger partial charge in [0.05, 0.1) is 11.0 Å². The summed E-state index contributed by atoms with van der Waals surface area (Å²) >= 11 is 0. The fourth-order valence-corrected chi connectivity index (χ4v) is 2.22. The topological polar surface area (TPSA) is 29.9 Å². The van der Waals surface area contributed by atoms with Gasteiger partial charge >= 0.3 is 0 Å². The molecule has 0 spiro atoms. The number of hydrogen-bond acceptors (Lipinski definition) is 2. The molecule has 1 unspecified atom stereocenters. The maximum absolute atomic E-state index is 4.67. The van der Waals surface area contributed by atoms with E-state index in [1.54, 1.807) is 0 Å². The SMILES string of the molecule is CCc1nc2ccccc2n1C(C)CNC. The first-order valence-corrected chi connectivity index (χ1v) is 5.88. The summed E-state index contributed by atoms with van der Waals surface area (Å²) in [4.78, 5) is 4.67. The second-order valence-electron chi connectivity index (χ2n) is 4.15. The number of hydrogen-bond donors (Lipinski definition) is 1. The number of likely N-dealkylation sites (N-methyl/N-ethyl adjacent to an activating group) is 1. The maximum atomic E-state index is 4.67. The number of para-hydroxylation sites is 2. The molecule has 0 saturated carbocycles. The minimum atomic E-state index is 0.437. The van der Waals surface area contributed by atoms with E-state index in [1.807, 2.05) is 13.1 Å². The Bertz CT molecular complexity index is 473. The molecule has 1 N–H and O–H groups in total. The summed E-state index contributed by atoms with van der Waals surface area (Å²) in [7, 11) is 1.99. The summed E-state index contributed by atoms with van der Waals surface area (Å²) in [5, 5.41) is 3.22. The molecule has 1 atom stereocenters. The molecule has 1 aromatic carbocycles. The molecular formula is C13H19N3. The van der Waals surface area contributed by atoms with Crippen LogP contribution in [-0.2, 0) is 6.42 Å². The van der Waals surface area contributed by atoms with Gasteiger partial charge in [-0.25, -0.2) is 4.98 Å². The Kier molecular flexibility index (Phi) is 3.25. The molecule has 0 bridgehead atoms. The molecule has 2 aromatic rings. The lowest BCUT2D eigenvalue weighted by Crippen LogP contribution is -2.21. The van der Waals surface area contributed by atoms with Crippen molar-refractivity contribution >= 4 is 11.0 Å². The maximum Gasteiger partial charge on any atom is 0.109 e. The van der Waals surface area contributed by atoms with Gasteiger partial charge in [-0.2, -0.15) is 0 Å². The van der Waals surface area contributed by atoms with Crippen LogP contribution in [0.3, 0.4) is 0 Å². The van der Waals surface area contributed by atoms with Crippen molar-refractivity contribution < 1.29 is 0 Å². The smallest absolute Gasteiger partial charge is 0.109 e. The number of rotatable bonds is 4. The van der Waals surface area contributed by atoms with E-state index in [-0.39, 0.29) is 0 Å². The molecule has 0 aliphatic carbocycles. The van der Waals surface area contributed by atoms with Gasteiger partial charge in [-0.3, -0.25) is 0 Å². The molecule has 0 aliphatic rings. The van der Waals surface area contributed by atoms with E-state index >= 15 is 0 Å². The van der Waals surface area contributed by atoms with Crippen LogP contribution in [-0.4, -0.2) is 23.1 Å². The Morgan fingerprint density at radius 2 is 2.12 bits per heavy atom. The Morgan fingerprint density at radius 1 is 1.38 bits per heavy atom. The summed E-state index contributed by atoms with van der Waals surface area (Å²) in [6.45, 7) is 5.35. The molecule has 1 aromatic heterocycles. The first-order valence-electron chi connectivity index (χ1n) is 5.88. The largest absolute Gasteiger partial charge is 0.324 e.